The van der Waals surface area contributed by atoms with Crippen molar-refractivity contribution in [3.05, 3.63) is 18.1 Å². The second-order valence-electron chi connectivity index (χ2n) is 6.22. The second kappa shape index (κ2) is 4.99. The summed E-state index contributed by atoms with van der Waals surface area (Å²) in [5.74, 6) is 5.48. The standard InChI is InChI=1S/C13H21N5O2/c1-12(2)7-18(8-13(3,4)20-12)11(19)9-5-15-6-10(16-9)17-14/h5-6H,7-8,14H2,1-4H3,(H,16,17). The molecule has 20 heavy (non-hydrogen) atoms. The Morgan fingerprint density at radius 2 is 1.90 bits per heavy atom. The first-order chi connectivity index (χ1) is 9.22. The van der Waals surface area contributed by atoms with Crippen LogP contribution in [-0.2, 0) is 4.74 Å². The van der Waals surface area contributed by atoms with E-state index in [-0.39, 0.29) is 11.6 Å². The van der Waals surface area contributed by atoms with Crippen LogP contribution in [0.15, 0.2) is 12.4 Å². The van der Waals surface area contributed by atoms with Crippen LogP contribution in [0.4, 0.5) is 5.82 Å². The molecule has 1 aliphatic rings. The lowest BCUT2D eigenvalue weighted by atomic mass is 9.98. The molecule has 0 atom stereocenters. The van der Waals surface area contributed by atoms with Crippen molar-refractivity contribution in [3.63, 3.8) is 0 Å². The van der Waals surface area contributed by atoms with Gasteiger partial charge in [-0.15, -0.1) is 0 Å². The van der Waals surface area contributed by atoms with Gasteiger partial charge in [-0.05, 0) is 27.7 Å². The maximum atomic E-state index is 12.5. The monoisotopic (exact) mass is 279 g/mol. The van der Waals surface area contributed by atoms with Crippen LogP contribution in [-0.4, -0.2) is 45.1 Å². The summed E-state index contributed by atoms with van der Waals surface area (Å²) in [5, 5.41) is 0. The van der Waals surface area contributed by atoms with Gasteiger partial charge in [0, 0.05) is 13.1 Å². The number of nitrogens with two attached hydrogens (primary N) is 1. The fourth-order valence-corrected chi connectivity index (χ4v) is 2.63. The fraction of sp³-hybridized carbons (Fsp3) is 0.615. The SMILES string of the molecule is CC1(C)CN(C(=O)c2cncc(NN)n2)CC(C)(C)O1. The highest BCUT2D eigenvalue weighted by Crippen LogP contribution is 2.28. The number of amides is 1. The number of nitrogens with zero attached hydrogens (tertiary/aromatic N) is 3. The molecule has 1 aromatic heterocycles. The molecular weight excluding hydrogens is 258 g/mol. The van der Waals surface area contributed by atoms with Crippen molar-refractivity contribution in [1.82, 2.24) is 14.9 Å². The van der Waals surface area contributed by atoms with E-state index in [4.69, 9.17) is 10.6 Å². The molecule has 3 N–H and O–H groups in total. The smallest absolute Gasteiger partial charge is 0.274 e. The molecule has 0 saturated carbocycles. The molecule has 0 spiro atoms. The van der Waals surface area contributed by atoms with Gasteiger partial charge in [-0.3, -0.25) is 9.78 Å². The third-order valence-corrected chi connectivity index (χ3v) is 2.98. The maximum Gasteiger partial charge on any atom is 0.274 e. The predicted octanol–water partition coefficient (Wildman–Crippen LogP) is 0.792. The number of nitrogen functional groups attached to an aromatic ring is 1. The molecule has 0 aliphatic carbocycles. The van der Waals surface area contributed by atoms with E-state index in [1.54, 1.807) is 4.90 Å². The number of carbonyl (C=O) groups excluding carboxylic acids is 1. The zero-order valence-corrected chi connectivity index (χ0v) is 12.3. The lowest BCUT2D eigenvalue weighted by molar-refractivity contribution is -0.171. The van der Waals surface area contributed by atoms with Crippen molar-refractivity contribution in [3.8, 4) is 0 Å². The Bertz CT molecular complexity index is 499. The van der Waals surface area contributed by atoms with Gasteiger partial charge < -0.3 is 15.1 Å². The molecule has 1 saturated heterocycles. The first kappa shape index (κ1) is 14.7. The third kappa shape index (κ3) is 3.23. The summed E-state index contributed by atoms with van der Waals surface area (Å²) in [6.07, 6.45) is 2.91. The molecule has 1 fully saturated rings. The number of ether oxygens (including phenoxy) is 1. The van der Waals surface area contributed by atoms with Crippen LogP contribution in [0.3, 0.4) is 0 Å². The van der Waals surface area contributed by atoms with E-state index < -0.39 is 11.2 Å². The maximum absolute atomic E-state index is 12.5. The predicted molar refractivity (Wildman–Crippen MR) is 75.0 cm³/mol. The third-order valence-electron chi connectivity index (χ3n) is 2.98. The van der Waals surface area contributed by atoms with Gasteiger partial charge in [-0.2, -0.15) is 0 Å². The second-order valence-corrected chi connectivity index (χ2v) is 6.22. The van der Waals surface area contributed by atoms with E-state index in [0.717, 1.165) is 0 Å². The Hall–Kier alpha value is -1.73. The molecule has 2 rings (SSSR count). The lowest BCUT2D eigenvalue weighted by Crippen LogP contribution is -2.58. The molecule has 1 aromatic rings. The summed E-state index contributed by atoms with van der Waals surface area (Å²) in [5.41, 5.74) is 1.87. The lowest BCUT2D eigenvalue weighted by Gasteiger charge is -2.47. The van der Waals surface area contributed by atoms with E-state index in [1.165, 1.54) is 12.4 Å². The number of aromatic nitrogens is 2. The number of anilines is 1. The number of hydrazine groups is 1. The van der Waals surface area contributed by atoms with E-state index in [1.807, 2.05) is 27.7 Å². The zero-order chi connectivity index (χ0) is 15.0. The van der Waals surface area contributed by atoms with Crippen molar-refractivity contribution in [2.45, 2.75) is 38.9 Å². The Balaban J connectivity index is 2.23. The van der Waals surface area contributed by atoms with E-state index in [0.29, 0.717) is 18.9 Å². The number of morpholine rings is 1. The number of hydrogen-bond acceptors (Lipinski definition) is 6. The van der Waals surface area contributed by atoms with Gasteiger partial charge in [0.15, 0.2) is 5.82 Å². The van der Waals surface area contributed by atoms with Crippen LogP contribution in [0.25, 0.3) is 0 Å². The minimum absolute atomic E-state index is 0.168. The minimum atomic E-state index is -0.394. The number of hydrogen-bond donors (Lipinski definition) is 2. The topological polar surface area (TPSA) is 93.4 Å². The van der Waals surface area contributed by atoms with Crippen LogP contribution >= 0.6 is 0 Å². The van der Waals surface area contributed by atoms with Crippen molar-refractivity contribution in [2.75, 3.05) is 18.5 Å². The number of carbonyl (C=O) groups is 1. The molecular formula is C13H21N5O2. The molecule has 1 amide bonds. The van der Waals surface area contributed by atoms with E-state index >= 15 is 0 Å². The van der Waals surface area contributed by atoms with E-state index in [9.17, 15) is 4.79 Å². The van der Waals surface area contributed by atoms with Crippen LogP contribution in [0.5, 0.6) is 0 Å². The van der Waals surface area contributed by atoms with Crippen LogP contribution in [0, 0.1) is 0 Å². The van der Waals surface area contributed by atoms with Gasteiger partial charge in [-0.25, -0.2) is 10.8 Å². The Morgan fingerprint density at radius 3 is 2.45 bits per heavy atom. The molecule has 0 radical (unpaired) electrons. The van der Waals surface area contributed by atoms with Gasteiger partial charge >= 0.3 is 0 Å². The molecule has 0 aromatic carbocycles. The quantitative estimate of drug-likeness (QED) is 0.614. The highest BCUT2D eigenvalue weighted by molar-refractivity contribution is 5.92. The van der Waals surface area contributed by atoms with Gasteiger partial charge in [0.1, 0.15) is 5.69 Å². The number of rotatable bonds is 2. The van der Waals surface area contributed by atoms with Gasteiger partial charge in [-0.1, -0.05) is 0 Å². The normalized spacial score (nSPS) is 20.6. The van der Waals surface area contributed by atoms with Crippen LogP contribution < -0.4 is 11.3 Å². The summed E-state index contributed by atoms with van der Waals surface area (Å²) in [6.45, 7) is 8.90. The summed E-state index contributed by atoms with van der Waals surface area (Å²) in [6, 6.07) is 0. The molecule has 110 valence electrons. The molecule has 0 bridgehead atoms. The fourth-order valence-electron chi connectivity index (χ4n) is 2.63. The van der Waals surface area contributed by atoms with Crippen molar-refractivity contribution < 1.29 is 9.53 Å². The highest BCUT2D eigenvalue weighted by atomic mass is 16.5. The average molecular weight is 279 g/mol. The summed E-state index contributed by atoms with van der Waals surface area (Å²) in [7, 11) is 0. The Morgan fingerprint density at radius 1 is 1.30 bits per heavy atom. The first-order valence-corrected chi connectivity index (χ1v) is 6.51. The molecule has 7 heteroatoms. The number of nitrogens with one attached hydrogen (secondary N) is 1. The molecule has 2 heterocycles. The first-order valence-electron chi connectivity index (χ1n) is 6.51. The van der Waals surface area contributed by atoms with Gasteiger partial charge in [0.2, 0.25) is 0 Å². The van der Waals surface area contributed by atoms with E-state index in [2.05, 4.69) is 15.4 Å². The van der Waals surface area contributed by atoms with Crippen molar-refractivity contribution in [1.29, 1.82) is 0 Å². The van der Waals surface area contributed by atoms with Crippen LogP contribution in [0.1, 0.15) is 38.2 Å². The molecule has 7 nitrogen and oxygen atoms in total. The van der Waals surface area contributed by atoms with Crippen molar-refractivity contribution in [2.24, 2.45) is 5.84 Å². The largest absolute Gasteiger partial charge is 0.366 e. The average Bonchev–Trinajstić information content (AvgIpc) is 2.34. The Kier molecular flexibility index (Phi) is 3.66. The molecule has 0 unspecified atom stereocenters. The van der Waals surface area contributed by atoms with Gasteiger partial charge in [0.25, 0.3) is 5.91 Å². The zero-order valence-electron chi connectivity index (χ0n) is 12.3. The Labute approximate surface area is 118 Å². The summed E-state index contributed by atoms with van der Waals surface area (Å²) in [4.78, 5) is 22.4. The minimum Gasteiger partial charge on any atom is -0.366 e. The van der Waals surface area contributed by atoms with Crippen LogP contribution in [0.2, 0.25) is 0 Å². The summed E-state index contributed by atoms with van der Waals surface area (Å²) < 4.78 is 5.96. The summed E-state index contributed by atoms with van der Waals surface area (Å²) >= 11 is 0. The van der Waals surface area contributed by atoms with Crippen molar-refractivity contribution >= 4 is 11.7 Å². The molecule has 1 aliphatic heterocycles. The van der Waals surface area contributed by atoms with Gasteiger partial charge in [0.05, 0.1) is 23.6 Å². The highest BCUT2D eigenvalue weighted by Gasteiger charge is 2.40.